The Balaban J connectivity index is 0.00000722. The monoisotopic (exact) mass is 992 g/mol. The van der Waals surface area contributed by atoms with Crippen molar-refractivity contribution in [2.75, 3.05) is 0 Å². The minimum Gasteiger partial charge on any atom is -0.507 e. The summed E-state index contributed by atoms with van der Waals surface area (Å²) in [7, 11) is 0. The second kappa shape index (κ2) is 18.4. The maximum atomic E-state index is 12.6. The van der Waals surface area contributed by atoms with Crippen molar-refractivity contribution in [2.45, 2.75) is 132 Å². The molecule has 0 bridgehead atoms. The van der Waals surface area contributed by atoms with E-state index in [0.717, 1.165) is 78.0 Å². The topological polar surface area (TPSA) is 50.9 Å². The molecule has 0 aliphatic heterocycles. The Morgan fingerprint density at radius 3 is 1.78 bits per heavy atom. The standard InChI is InChI=1S/C63H70N3O.Pd/c1-59(2,3)39-40-24-26-41(27-25-40)43-30-31-64-53(35-43)45-32-44(33-47(34-45)61(7,8)9)49-22-19-23-55-56(49)65-58(51-37-48(62(10,11)12)38-52(57(51)67)63(13,14)15)66(55)54-29-28-46(60(4,5)6)36-50(54)42-20-17-16-18-21-42;/h16-31,33-38,67H,39H2,1-15H3;/q-1;/i39D2;. The van der Waals surface area contributed by atoms with Gasteiger partial charge in [-0.15, -0.1) is 29.3 Å². The van der Waals surface area contributed by atoms with Gasteiger partial charge in [0.15, 0.2) is 0 Å². The van der Waals surface area contributed by atoms with Crippen LogP contribution < -0.4 is 0 Å². The average Bonchev–Trinajstić information content (AvgIpc) is 3.67. The Labute approximate surface area is 423 Å². The van der Waals surface area contributed by atoms with Gasteiger partial charge in [0.25, 0.3) is 0 Å². The van der Waals surface area contributed by atoms with Crippen molar-refractivity contribution >= 4 is 11.0 Å². The van der Waals surface area contributed by atoms with Crippen LogP contribution in [-0.4, -0.2) is 19.6 Å². The quantitative estimate of drug-likeness (QED) is 0.128. The summed E-state index contributed by atoms with van der Waals surface area (Å²) >= 11 is 0. The van der Waals surface area contributed by atoms with Gasteiger partial charge in [-0.3, -0.25) is 9.55 Å². The first-order valence-corrected chi connectivity index (χ1v) is 23.8. The zero-order valence-electron chi connectivity index (χ0n) is 44.8. The van der Waals surface area contributed by atoms with Crippen molar-refractivity contribution in [3.8, 4) is 67.5 Å². The smallest absolute Gasteiger partial charge is 0.148 e. The number of aromatic nitrogens is 3. The molecule has 0 spiro atoms. The number of phenols is 1. The van der Waals surface area contributed by atoms with Crippen LogP contribution in [0.4, 0.5) is 0 Å². The second-order valence-electron chi connectivity index (χ2n) is 23.5. The van der Waals surface area contributed by atoms with E-state index in [-0.39, 0.29) is 47.8 Å². The van der Waals surface area contributed by atoms with Crippen LogP contribution in [0.2, 0.25) is 0 Å². The van der Waals surface area contributed by atoms with E-state index in [1.54, 1.807) is 0 Å². The van der Waals surface area contributed by atoms with Gasteiger partial charge in [0.05, 0.1) is 22.3 Å². The summed E-state index contributed by atoms with van der Waals surface area (Å²) < 4.78 is 19.9. The molecule has 1 N–H and O–H groups in total. The number of benzene rings is 6. The molecule has 0 radical (unpaired) electrons. The Bertz CT molecular complexity index is 3200. The van der Waals surface area contributed by atoms with E-state index >= 15 is 0 Å². The van der Waals surface area contributed by atoms with Gasteiger partial charge in [-0.1, -0.05) is 200 Å². The van der Waals surface area contributed by atoms with E-state index in [1.165, 1.54) is 5.56 Å². The third-order valence-electron chi connectivity index (χ3n) is 12.7. The number of pyridine rings is 1. The number of hydrogen-bond acceptors (Lipinski definition) is 3. The maximum absolute atomic E-state index is 12.6. The van der Waals surface area contributed by atoms with Crippen LogP contribution >= 0.6 is 0 Å². The summed E-state index contributed by atoms with van der Waals surface area (Å²) in [4.78, 5) is 10.6. The third-order valence-corrected chi connectivity index (χ3v) is 12.7. The van der Waals surface area contributed by atoms with Gasteiger partial charge in [-0.05, 0) is 97.2 Å². The first-order chi connectivity index (χ1) is 32.0. The zero-order valence-corrected chi connectivity index (χ0v) is 44.4. The minimum absolute atomic E-state index is 0. The molecule has 5 heteroatoms. The Morgan fingerprint density at radius 2 is 1.16 bits per heavy atom. The molecule has 4 nitrogen and oxygen atoms in total. The molecule has 0 atom stereocenters. The normalized spacial score (nSPS) is 13.3. The van der Waals surface area contributed by atoms with E-state index in [0.29, 0.717) is 17.0 Å². The number of hydrogen-bond donors (Lipinski definition) is 1. The molecule has 0 aliphatic rings. The van der Waals surface area contributed by atoms with E-state index < -0.39 is 11.8 Å². The maximum Gasteiger partial charge on any atom is 0.148 e. The van der Waals surface area contributed by atoms with Gasteiger partial charge in [0, 0.05) is 46.2 Å². The first kappa shape index (κ1) is 47.5. The molecule has 2 aromatic heterocycles. The fourth-order valence-electron chi connectivity index (χ4n) is 8.82. The van der Waals surface area contributed by atoms with Crippen molar-refractivity contribution in [1.82, 2.24) is 14.5 Å². The second-order valence-corrected chi connectivity index (χ2v) is 23.5. The predicted molar refractivity (Wildman–Crippen MR) is 285 cm³/mol. The van der Waals surface area contributed by atoms with Crippen molar-refractivity contribution in [3.63, 3.8) is 0 Å². The Morgan fingerprint density at radius 1 is 0.544 bits per heavy atom. The third kappa shape index (κ3) is 10.5. The summed E-state index contributed by atoms with van der Waals surface area (Å²) in [6.07, 6.45) is 0.360. The Kier molecular flexibility index (Phi) is 12.8. The molecule has 8 rings (SSSR count). The number of rotatable bonds is 7. The summed E-state index contributed by atoms with van der Waals surface area (Å²) in [5.41, 5.74) is 14.6. The van der Waals surface area contributed by atoms with Crippen LogP contribution in [0.5, 0.6) is 5.75 Å². The molecule has 2 heterocycles. The SMILES string of the molecule is [2H]C([2H])(c1ccc(-c2ccnc(-c3[c-]c(-c4cccc5c4nc(-c4cc(C(C)(C)C)cc(C(C)(C)C)c4O)n5-c4ccc(C(C)(C)C)cc4-c4ccccc4)cc(C(C)(C)C)c3)c2)cc1)C(C)(C)C.[Pd]. The molecule has 0 fully saturated rings. The molecular weight excluding hydrogens is 921 g/mol. The molecule has 354 valence electrons. The molecule has 0 saturated carbocycles. The number of fused-ring (bicyclic) bond motifs is 1. The van der Waals surface area contributed by atoms with E-state index in [2.05, 4.69) is 191 Å². The predicted octanol–water partition coefficient (Wildman–Crippen LogP) is 17.0. The van der Waals surface area contributed by atoms with Crippen LogP contribution in [-0.2, 0) is 48.5 Å². The van der Waals surface area contributed by atoms with Gasteiger partial charge in [0.2, 0.25) is 0 Å². The first-order valence-electron chi connectivity index (χ1n) is 24.8. The number of para-hydroxylation sites is 1. The van der Waals surface area contributed by atoms with Crippen LogP contribution in [0.15, 0.2) is 134 Å². The molecular formula is C63H70N3OPd-. The summed E-state index contributed by atoms with van der Waals surface area (Å²) in [6.45, 7) is 32.4. The zero-order chi connectivity index (χ0) is 50.2. The van der Waals surface area contributed by atoms with Crippen LogP contribution in [0.1, 0.15) is 134 Å². The number of imidazole rings is 1. The number of aromatic hydroxyl groups is 1. The van der Waals surface area contributed by atoms with Crippen molar-refractivity contribution < 1.29 is 28.3 Å². The molecule has 0 unspecified atom stereocenters. The van der Waals surface area contributed by atoms with E-state index in [1.807, 2.05) is 57.3 Å². The van der Waals surface area contributed by atoms with E-state index in [9.17, 15) is 5.11 Å². The largest absolute Gasteiger partial charge is 0.507 e. The van der Waals surface area contributed by atoms with Gasteiger partial charge >= 0.3 is 0 Å². The van der Waals surface area contributed by atoms with Gasteiger partial charge in [-0.2, -0.15) is 0 Å². The average molecular weight is 994 g/mol. The van der Waals surface area contributed by atoms with Crippen molar-refractivity contribution in [1.29, 1.82) is 0 Å². The van der Waals surface area contributed by atoms with Crippen LogP contribution in [0.25, 0.3) is 72.7 Å². The summed E-state index contributed by atoms with van der Waals surface area (Å²) in [5, 5.41) is 12.6. The number of phenolic OH excluding ortho intramolecular Hbond substituents is 1. The van der Waals surface area contributed by atoms with Crippen molar-refractivity contribution in [3.05, 3.63) is 167 Å². The fourth-order valence-corrected chi connectivity index (χ4v) is 8.82. The molecule has 68 heavy (non-hydrogen) atoms. The molecule has 0 aliphatic carbocycles. The van der Waals surface area contributed by atoms with Gasteiger partial charge < -0.3 is 5.11 Å². The van der Waals surface area contributed by atoms with Crippen LogP contribution in [0.3, 0.4) is 0 Å². The van der Waals surface area contributed by atoms with Crippen molar-refractivity contribution in [2.24, 2.45) is 5.41 Å². The van der Waals surface area contributed by atoms with E-state index in [4.69, 9.17) is 12.7 Å². The number of nitrogens with zero attached hydrogens (tertiary/aromatic N) is 3. The summed E-state index contributed by atoms with van der Waals surface area (Å²) in [5.74, 6) is 0.897. The minimum atomic E-state index is -1.49. The summed E-state index contributed by atoms with van der Waals surface area (Å²) in [6, 6.07) is 48.3. The molecule has 8 aromatic rings. The fraction of sp³-hybridized carbons (Fsp3) is 0.333. The molecule has 6 aromatic carbocycles. The molecule has 0 saturated heterocycles. The Hall–Kier alpha value is -5.60. The van der Waals surface area contributed by atoms with Gasteiger partial charge in [-0.25, -0.2) is 4.98 Å². The molecule has 0 amide bonds. The van der Waals surface area contributed by atoms with Crippen LogP contribution in [0, 0.1) is 11.5 Å². The van der Waals surface area contributed by atoms with Gasteiger partial charge in [0.1, 0.15) is 11.6 Å².